The first kappa shape index (κ1) is 34.6. The molecule has 1 saturated heterocycles. The lowest BCUT2D eigenvalue weighted by Crippen LogP contribution is -2.66. The Kier molecular flexibility index (Phi) is 11.1. The van der Waals surface area contributed by atoms with Crippen LogP contribution >= 0.6 is 0 Å². The van der Waals surface area contributed by atoms with Crippen molar-refractivity contribution in [2.24, 2.45) is 0 Å². The van der Waals surface area contributed by atoms with Crippen molar-refractivity contribution < 1.29 is 28.9 Å². The smallest absolute Gasteiger partial charge is 0.411 e. The molecule has 5 rings (SSSR count). The number of benzene rings is 4. The van der Waals surface area contributed by atoms with Gasteiger partial charge in [-0.15, -0.1) is 0 Å². The van der Waals surface area contributed by atoms with Crippen LogP contribution in [0, 0.1) is 5.82 Å². The lowest BCUT2D eigenvalue weighted by molar-refractivity contribution is -0.150. The van der Waals surface area contributed by atoms with Gasteiger partial charge in [0.2, 0.25) is 5.91 Å². The predicted octanol–water partition coefficient (Wildman–Crippen LogP) is 6.15. The molecular weight excluding hydrogens is 609 g/mol. The molecule has 4 aromatic carbocycles. The normalized spacial score (nSPS) is 16.5. The molecule has 9 heteroatoms. The SMILES string of the molecule is CC(C)(C)OC(=O)N1CCN(Cc2ccccc2)C(=O)[C@@H]1[C@@H](O)[C@H](Cc1cc(O)cc(F)c1)N(Cc1ccccc1)Cc1ccccc1. The lowest BCUT2D eigenvalue weighted by atomic mass is 9.91. The fourth-order valence-electron chi connectivity index (χ4n) is 6.21. The highest BCUT2D eigenvalue weighted by Crippen LogP contribution is 2.28. The van der Waals surface area contributed by atoms with Gasteiger partial charge in [-0.25, -0.2) is 9.18 Å². The first-order chi connectivity index (χ1) is 23.0. The van der Waals surface area contributed by atoms with E-state index in [-0.39, 0.29) is 25.3 Å². The molecule has 48 heavy (non-hydrogen) atoms. The monoisotopic (exact) mass is 653 g/mol. The maximum Gasteiger partial charge on any atom is 0.411 e. The minimum atomic E-state index is -1.43. The van der Waals surface area contributed by atoms with Crippen LogP contribution < -0.4 is 0 Å². The van der Waals surface area contributed by atoms with Gasteiger partial charge in [-0.2, -0.15) is 0 Å². The second-order valence-corrected chi connectivity index (χ2v) is 13.3. The quantitative estimate of drug-likeness (QED) is 0.202. The number of carbonyl (C=O) groups is 2. The van der Waals surface area contributed by atoms with Gasteiger partial charge >= 0.3 is 6.09 Å². The van der Waals surface area contributed by atoms with Gasteiger partial charge in [0.25, 0.3) is 0 Å². The average Bonchev–Trinajstić information content (AvgIpc) is 3.04. The van der Waals surface area contributed by atoms with Crippen LogP contribution in [0.4, 0.5) is 9.18 Å². The van der Waals surface area contributed by atoms with E-state index in [1.807, 2.05) is 95.9 Å². The molecule has 0 aliphatic carbocycles. The maximum atomic E-state index is 14.6. The molecule has 0 spiro atoms. The number of phenolic OH excluding ortho intramolecular Hbond substituents is 1. The summed E-state index contributed by atoms with van der Waals surface area (Å²) in [5.74, 6) is -1.27. The largest absolute Gasteiger partial charge is 0.508 e. The number of aromatic hydroxyl groups is 1. The minimum absolute atomic E-state index is 0.0801. The number of halogens is 1. The summed E-state index contributed by atoms with van der Waals surface area (Å²) in [5, 5.41) is 22.8. The summed E-state index contributed by atoms with van der Waals surface area (Å²) in [6.45, 7) is 6.76. The third-order valence-corrected chi connectivity index (χ3v) is 8.39. The van der Waals surface area contributed by atoms with E-state index in [4.69, 9.17) is 4.74 Å². The number of ether oxygens (including phenoxy) is 1. The first-order valence-electron chi connectivity index (χ1n) is 16.3. The van der Waals surface area contributed by atoms with E-state index < -0.39 is 41.6 Å². The molecule has 0 saturated carbocycles. The molecule has 2 amide bonds. The van der Waals surface area contributed by atoms with Gasteiger partial charge < -0.3 is 19.8 Å². The zero-order valence-electron chi connectivity index (χ0n) is 27.7. The van der Waals surface area contributed by atoms with Crippen molar-refractivity contribution in [2.45, 2.75) is 70.6 Å². The number of rotatable bonds is 11. The zero-order valence-corrected chi connectivity index (χ0v) is 27.7. The zero-order chi connectivity index (χ0) is 34.3. The number of hydrogen-bond acceptors (Lipinski definition) is 6. The van der Waals surface area contributed by atoms with E-state index in [1.165, 1.54) is 17.0 Å². The van der Waals surface area contributed by atoms with Gasteiger partial charge in [0.05, 0.1) is 6.10 Å². The van der Waals surface area contributed by atoms with E-state index in [2.05, 4.69) is 0 Å². The fourth-order valence-corrected chi connectivity index (χ4v) is 6.21. The molecular formula is C39H44FN3O5. The van der Waals surface area contributed by atoms with E-state index in [0.29, 0.717) is 25.2 Å². The molecule has 2 N–H and O–H groups in total. The highest BCUT2D eigenvalue weighted by atomic mass is 19.1. The van der Waals surface area contributed by atoms with Crippen LogP contribution in [0.25, 0.3) is 0 Å². The van der Waals surface area contributed by atoms with Crippen molar-refractivity contribution >= 4 is 12.0 Å². The maximum absolute atomic E-state index is 14.6. The van der Waals surface area contributed by atoms with Crippen LogP contribution in [0.15, 0.2) is 109 Å². The van der Waals surface area contributed by atoms with Gasteiger partial charge in [0, 0.05) is 44.8 Å². The van der Waals surface area contributed by atoms with Crippen molar-refractivity contribution in [3.8, 4) is 5.75 Å². The highest BCUT2D eigenvalue weighted by molar-refractivity contribution is 5.87. The Morgan fingerprint density at radius 3 is 1.92 bits per heavy atom. The molecule has 0 radical (unpaired) electrons. The summed E-state index contributed by atoms with van der Waals surface area (Å²) >= 11 is 0. The standard InChI is InChI=1S/C39H44FN3O5/c1-39(2,3)48-38(47)43-20-19-41(25-28-13-7-4-8-14-28)37(46)35(43)36(45)34(23-31-21-32(40)24-33(44)22-31)42(26-29-15-9-5-10-16-29)27-30-17-11-6-12-18-30/h4-18,21-22,24,34-36,44-45H,19-20,23,25-27H2,1-3H3/t34-,35-,36-/m0/s1. The number of piperazine rings is 1. The van der Waals surface area contributed by atoms with Gasteiger partial charge in [0.1, 0.15) is 23.2 Å². The molecule has 0 aromatic heterocycles. The third kappa shape index (κ3) is 9.20. The molecule has 4 aromatic rings. The van der Waals surface area contributed by atoms with Crippen molar-refractivity contribution in [1.29, 1.82) is 0 Å². The second kappa shape index (κ2) is 15.4. The van der Waals surface area contributed by atoms with Crippen LogP contribution in [0.1, 0.15) is 43.0 Å². The Bertz CT molecular complexity index is 1590. The third-order valence-electron chi connectivity index (χ3n) is 8.39. The highest BCUT2D eigenvalue weighted by Gasteiger charge is 2.47. The molecule has 1 fully saturated rings. The Hall–Kier alpha value is -4.73. The van der Waals surface area contributed by atoms with Crippen LogP contribution in [-0.4, -0.2) is 73.8 Å². The molecule has 1 heterocycles. The molecule has 1 aliphatic heterocycles. The van der Waals surface area contributed by atoms with Crippen LogP contribution in [0.2, 0.25) is 0 Å². The van der Waals surface area contributed by atoms with Gasteiger partial charge in [-0.1, -0.05) is 91.0 Å². The van der Waals surface area contributed by atoms with Crippen LogP contribution in [0.3, 0.4) is 0 Å². The van der Waals surface area contributed by atoms with Crippen molar-refractivity contribution in [3.63, 3.8) is 0 Å². The predicted molar refractivity (Wildman–Crippen MR) is 182 cm³/mol. The second-order valence-electron chi connectivity index (χ2n) is 13.3. The van der Waals surface area contributed by atoms with Gasteiger partial charge in [-0.05, 0) is 61.6 Å². The molecule has 8 nitrogen and oxygen atoms in total. The fraction of sp³-hybridized carbons (Fsp3) is 0.333. The number of phenols is 1. The Labute approximate surface area is 282 Å². The Balaban J connectivity index is 1.58. The van der Waals surface area contributed by atoms with Crippen LogP contribution in [0.5, 0.6) is 5.75 Å². The average molecular weight is 654 g/mol. The van der Waals surface area contributed by atoms with Crippen molar-refractivity contribution in [2.75, 3.05) is 13.1 Å². The van der Waals surface area contributed by atoms with E-state index in [9.17, 15) is 24.2 Å². The Morgan fingerprint density at radius 2 is 1.40 bits per heavy atom. The number of nitrogens with zero attached hydrogens (tertiary/aromatic N) is 3. The number of amides is 2. The summed E-state index contributed by atoms with van der Waals surface area (Å²) in [6, 6.07) is 30.8. The summed E-state index contributed by atoms with van der Waals surface area (Å²) in [5.41, 5.74) is 2.47. The molecule has 3 atom stereocenters. The van der Waals surface area contributed by atoms with Crippen molar-refractivity contribution in [1.82, 2.24) is 14.7 Å². The number of carbonyl (C=O) groups excluding carboxylic acids is 2. The minimum Gasteiger partial charge on any atom is -0.508 e. The van der Waals surface area contributed by atoms with E-state index >= 15 is 0 Å². The summed E-state index contributed by atoms with van der Waals surface area (Å²) < 4.78 is 20.4. The summed E-state index contributed by atoms with van der Waals surface area (Å²) in [6.07, 6.45) is -2.04. The molecule has 1 aliphatic rings. The number of hydrogen-bond donors (Lipinski definition) is 2. The first-order valence-corrected chi connectivity index (χ1v) is 16.3. The van der Waals surface area contributed by atoms with Crippen LogP contribution in [-0.2, 0) is 35.6 Å². The summed E-state index contributed by atoms with van der Waals surface area (Å²) in [4.78, 5) is 33.2. The van der Waals surface area contributed by atoms with E-state index in [0.717, 1.165) is 22.8 Å². The lowest BCUT2D eigenvalue weighted by Gasteiger charge is -2.46. The summed E-state index contributed by atoms with van der Waals surface area (Å²) in [7, 11) is 0. The van der Waals surface area contributed by atoms with Crippen molar-refractivity contribution in [3.05, 3.63) is 137 Å². The Morgan fingerprint density at radius 1 is 0.854 bits per heavy atom. The van der Waals surface area contributed by atoms with E-state index in [1.54, 1.807) is 25.7 Å². The van der Waals surface area contributed by atoms with Gasteiger partial charge in [-0.3, -0.25) is 14.6 Å². The molecule has 0 unspecified atom stereocenters. The topological polar surface area (TPSA) is 93.5 Å². The number of aliphatic hydroxyl groups excluding tert-OH is 1. The van der Waals surface area contributed by atoms with Gasteiger partial charge in [0.15, 0.2) is 0 Å². The number of aliphatic hydroxyl groups is 1. The molecule has 0 bridgehead atoms. The molecule has 252 valence electrons.